The van der Waals surface area contributed by atoms with Gasteiger partial charge in [-0.15, -0.1) is 0 Å². The lowest BCUT2D eigenvalue weighted by Gasteiger charge is -2.46. The van der Waals surface area contributed by atoms with E-state index >= 15 is 0 Å². The molecule has 1 saturated carbocycles. The molecule has 0 atom stereocenters. The molecule has 4 nitrogen and oxygen atoms in total. The van der Waals surface area contributed by atoms with Crippen LogP contribution in [0.25, 0.3) is 0 Å². The van der Waals surface area contributed by atoms with Gasteiger partial charge in [-0.1, -0.05) is 13.0 Å². The number of nitrogens with zero attached hydrogens (tertiary/aromatic N) is 2. The second-order valence-corrected chi connectivity index (χ2v) is 5.48. The summed E-state index contributed by atoms with van der Waals surface area (Å²) in [5.74, 6) is 0.773. The quantitative estimate of drug-likeness (QED) is 0.875. The summed E-state index contributed by atoms with van der Waals surface area (Å²) < 4.78 is 0. The highest BCUT2D eigenvalue weighted by Crippen LogP contribution is 2.45. The van der Waals surface area contributed by atoms with Gasteiger partial charge < -0.3 is 10.6 Å². The first kappa shape index (κ1) is 13.0. The molecule has 0 bridgehead atoms. The SMILES string of the molecule is CC1CC(CN)(C(=O)N(C)Cc2ccccn2)C1. The van der Waals surface area contributed by atoms with Gasteiger partial charge in [-0.2, -0.15) is 0 Å². The number of hydrogen-bond donors (Lipinski definition) is 1. The molecule has 0 unspecified atom stereocenters. The lowest BCUT2D eigenvalue weighted by Crippen LogP contribution is -2.53. The molecule has 0 saturated heterocycles. The zero-order valence-electron chi connectivity index (χ0n) is 11.1. The average molecular weight is 247 g/mol. The monoisotopic (exact) mass is 247 g/mol. The molecule has 1 fully saturated rings. The molecule has 1 aliphatic carbocycles. The number of rotatable bonds is 4. The Hall–Kier alpha value is -1.42. The summed E-state index contributed by atoms with van der Waals surface area (Å²) in [6.07, 6.45) is 3.57. The van der Waals surface area contributed by atoms with E-state index in [0.717, 1.165) is 18.5 Å². The molecular formula is C14H21N3O. The van der Waals surface area contributed by atoms with E-state index in [0.29, 0.717) is 19.0 Å². The van der Waals surface area contributed by atoms with Crippen LogP contribution in [0.3, 0.4) is 0 Å². The Balaban J connectivity index is 2.01. The number of nitrogens with two attached hydrogens (primary N) is 1. The van der Waals surface area contributed by atoms with Crippen LogP contribution < -0.4 is 5.73 Å². The Labute approximate surface area is 108 Å². The van der Waals surface area contributed by atoms with Gasteiger partial charge >= 0.3 is 0 Å². The third-order valence-electron chi connectivity index (χ3n) is 3.79. The average Bonchev–Trinajstić information content (AvgIpc) is 2.35. The molecule has 1 heterocycles. The van der Waals surface area contributed by atoms with Crippen molar-refractivity contribution in [2.45, 2.75) is 26.3 Å². The molecule has 2 N–H and O–H groups in total. The fraction of sp³-hybridized carbons (Fsp3) is 0.571. The summed E-state index contributed by atoms with van der Waals surface area (Å²) in [5, 5.41) is 0. The highest BCUT2D eigenvalue weighted by molar-refractivity contribution is 5.83. The van der Waals surface area contributed by atoms with Crippen LogP contribution in [0, 0.1) is 11.3 Å². The number of hydrogen-bond acceptors (Lipinski definition) is 3. The van der Waals surface area contributed by atoms with Crippen molar-refractivity contribution in [1.82, 2.24) is 9.88 Å². The summed E-state index contributed by atoms with van der Waals surface area (Å²) in [6, 6.07) is 5.74. The first-order chi connectivity index (χ1) is 8.57. The summed E-state index contributed by atoms with van der Waals surface area (Å²) >= 11 is 0. The zero-order chi connectivity index (χ0) is 13.2. The van der Waals surface area contributed by atoms with Crippen LogP contribution in [-0.2, 0) is 11.3 Å². The maximum absolute atomic E-state index is 12.4. The molecule has 2 rings (SSSR count). The molecular weight excluding hydrogens is 226 g/mol. The molecule has 1 amide bonds. The topological polar surface area (TPSA) is 59.2 Å². The lowest BCUT2D eigenvalue weighted by atomic mass is 9.62. The molecule has 1 aromatic heterocycles. The van der Waals surface area contributed by atoms with Gasteiger partial charge in [-0.25, -0.2) is 0 Å². The van der Waals surface area contributed by atoms with E-state index in [4.69, 9.17) is 5.73 Å². The standard InChI is InChI=1S/C14H21N3O/c1-11-7-14(8-11,10-15)13(18)17(2)9-12-5-3-4-6-16-12/h3-6,11H,7-10,15H2,1-2H3. The summed E-state index contributed by atoms with van der Waals surface area (Å²) in [6.45, 7) is 3.17. The number of carbonyl (C=O) groups excluding carboxylic acids is 1. The predicted octanol–water partition coefficient (Wildman–Crippen LogP) is 1.41. The van der Waals surface area contributed by atoms with E-state index in [1.165, 1.54) is 0 Å². The maximum Gasteiger partial charge on any atom is 0.230 e. The van der Waals surface area contributed by atoms with Gasteiger partial charge in [0.05, 0.1) is 17.7 Å². The lowest BCUT2D eigenvalue weighted by molar-refractivity contribution is -0.148. The van der Waals surface area contributed by atoms with Crippen LogP contribution >= 0.6 is 0 Å². The minimum Gasteiger partial charge on any atom is -0.339 e. The third-order valence-corrected chi connectivity index (χ3v) is 3.79. The second kappa shape index (κ2) is 5.06. The largest absolute Gasteiger partial charge is 0.339 e. The van der Waals surface area contributed by atoms with Gasteiger partial charge in [-0.3, -0.25) is 9.78 Å². The molecule has 18 heavy (non-hydrogen) atoms. The van der Waals surface area contributed by atoms with Crippen LogP contribution in [0.5, 0.6) is 0 Å². The number of carbonyl (C=O) groups is 1. The highest BCUT2D eigenvalue weighted by Gasteiger charge is 2.48. The first-order valence-electron chi connectivity index (χ1n) is 6.43. The van der Waals surface area contributed by atoms with Gasteiger partial charge in [0.25, 0.3) is 0 Å². The van der Waals surface area contributed by atoms with Crippen molar-refractivity contribution in [1.29, 1.82) is 0 Å². The van der Waals surface area contributed by atoms with E-state index in [1.54, 1.807) is 11.1 Å². The van der Waals surface area contributed by atoms with Gasteiger partial charge in [0.2, 0.25) is 5.91 Å². The summed E-state index contributed by atoms with van der Waals surface area (Å²) in [4.78, 5) is 18.4. The second-order valence-electron chi connectivity index (χ2n) is 5.48. The van der Waals surface area contributed by atoms with E-state index in [2.05, 4.69) is 11.9 Å². The predicted molar refractivity (Wildman–Crippen MR) is 70.6 cm³/mol. The van der Waals surface area contributed by atoms with Crippen molar-refractivity contribution in [3.63, 3.8) is 0 Å². The van der Waals surface area contributed by atoms with Gasteiger partial charge in [0.1, 0.15) is 0 Å². The minimum absolute atomic E-state index is 0.161. The van der Waals surface area contributed by atoms with Crippen molar-refractivity contribution >= 4 is 5.91 Å². The smallest absolute Gasteiger partial charge is 0.230 e. The summed E-state index contributed by atoms with van der Waals surface area (Å²) in [5.41, 5.74) is 6.39. The molecule has 1 aliphatic rings. The van der Waals surface area contributed by atoms with Crippen LogP contribution in [0.4, 0.5) is 0 Å². The van der Waals surface area contributed by atoms with Crippen molar-refractivity contribution < 1.29 is 4.79 Å². The molecule has 98 valence electrons. The normalized spacial score (nSPS) is 26.5. The van der Waals surface area contributed by atoms with E-state index < -0.39 is 0 Å². The van der Waals surface area contributed by atoms with Gasteiger partial charge in [-0.05, 0) is 30.9 Å². The van der Waals surface area contributed by atoms with E-state index in [1.807, 2.05) is 25.2 Å². The Bertz CT molecular complexity index is 412. The van der Waals surface area contributed by atoms with Crippen LogP contribution in [0.15, 0.2) is 24.4 Å². The number of aromatic nitrogens is 1. The molecule has 0 radical (unpaired) electrons. The van der Waals surface area contributed by atoms with Crippen molar-refractivity contribution in [3.05, 3.63) is 30.1 Å². The molecule has 1 aromatic rings. The highest BCUT2D eigenvalue weighted by atomic mass is 16.2. The minimum atomic E-state index is -0.317. The Morgan fingerprint density at radius 3 is 2.78 bits per heavy atom. The molecule has 0 aromatic carbocycles. The van der Waals surface area contributed by atoms with Crippen molar-refractivity contribution in [3.8, 4) is 0 Å². The number of amides is 1. The van der Waals surface area contributed by atoms with Crippen LogP contribution in [0.1, 0.15) is 25.5 Å². The molecule has 4 heteroatoms. The third kappa shape index (κ3) is 2.38. The molecule has 0 aliphatic heterocycles. The fourth-order valence-corrected chi connectivity index (χ4v) is 2.91. The van der Waals surface area contributed by atoms with E-state index in [9.17, 15) is 4.79 Å². The first-order valence-corrected chi connectivity index (χ1v) is 6.43. The van der Waals surface area contributed by atoms with Crippen LogP contribution in [-0.4, -0.2) is 29.4 Å². The van der Waals surface area contributed by atoms with E-state index in [-0.39, 0.29) is 11.3 Å². The number of pyridine rings is 1. The van der Waals surface area contributed by atoms with Gasteiger partial charge in [0.15, 0.2) is 0 Å². The Kier molecular flexibility index (Phi) is 3.66. The van der Waals surface area contributed by atoms with Crippen molar-refractivity contribution in [2.24, 2.45) is 17.1 Å². The maximum atomic E-state index is 12.4. The molecule has 0 spiro atoms. The van der Waals surface area contributed by atoms with Crippen LogP contribution in [0.2, 0.25) is 0 Å². The van der Waals surface area contributed by atoms with Gasteiger partial charge in [0, 0.05) is 19.8 Å². The Morgan fingerprint density at radius 1 is 1.56 bits per heavy atom. The fourth-order valence-electron chi connectivity index (χ4n) is 2.91. The summed E-state index contributed by atoms with van der Waals surface area (Å²) in [7, 11) is 1.83. The zero-order valence-corrected chi connectivity index (χ0v) is 11.1. The Morgan fingerprint density at radius 2 is 2.28 bits per heavy atom. The van der Waals surface area contributed by atoms with Crippen molar-refractivity contribution in [2.75, 3.05) is 13.6 Å².